The number of sulfonamides is 1. The molecule has 0 unspecified atom stereocenters. The Morgan fingerprint density at radius 3 is 2.09 bits per heavy atom. The van der Waals surface area contributed by atoms with E-state index in [1.165, 1.54) is 24.1 Å². The SMILES string of the molecule is COc1ccc(CN(C(=O)CN(c2cc(Cl)c(Cl)cc2Cl)S(C)(=O)=O)[C@H](C)C(=O)NC(C)C)cc1. The van der Waals surface area contributed by atoms with Crippen molar-refractivity contribution in [2.24, 2.45) is 0 Å². The van der Waals surface area contributed by atoms with Crippen molar-refractivity contribution in [1.82, 2.24) is 10.2 Å². The van der Waals surface area contributed by atoms with Gasteiger partial charge in [0.15, 0.2) is 0 Å². The molecule has 192 valence electrons. The molecule has 0 aliphatic carbocycles. The Hall–Kier alpha value is -2.20. The summed E-state index contributed by atoms with van der Waals surface area (Å²) in [6, 6.07) is 8.53. The number of anilines is 1. The average molecular weight is 565 g/mol. The van der Waals surface area contributed by atoms with Crippen LogP contribution in [0.4, 0.5) is 5.69 Å². The normalized spacial score (nSPS) is 12.3. The molecular formula is C23H28Cl3N3O5S. The minimum atomic E-state index is -3.96. The van der Waals surface area contributed by atoms with Gasteiger partial charge >= 0.3 is 0 Å². The highest BCUT2D eigenvalue weighted by Gasteiger charge is 2.31. The van der Waals surface area contributed by atoms with Crippen LogP contribution in [0.25, 0.3) is 0 Å². The van der Waals surface area contributed by atoms with Crippen LogP contribution in [-0.4, -0.2) is 57.1 Å². The maximum absolute atomic E-state index is 13.5. The lowest BCUT2D eigenvalue weighted by Crippen LogP contribution is -2.52. The van der Waals surface area contributed by atoms with E-state index >= 15 is 0 Å². The number of hydrogen-bond donors (Lipinski definition) is 1. The smallest absolute Gasteiger partial charge is 0.244 e. The second-order valence-electron chi connectivity index (χ2n) is 8.20. The maximum Gasteiger partial charge on any atom is 0.244 e. The predicted octanol–water partition coefficient (Wildman–Crippen LogP) is 4.36. The summed E-state index contributed by atoms with van der Waals surface area (Å²) in [7, 11) is -2.42. The highest BCUT2D eigenvalue weighted by molar-refractivity contribution is 7.92. The van der Waals surface area contributed by atoms with Gasteiger partial charge in [0.25, 0.3) is 0 Å². The molecule has 12 heteroatoms. The molecule has 2 rings (SSSR count). The third-order valence-electron chi connectivity index (χ3n) is 5.05. The zero-order valence-corrected chi connectivity index (χ0v) is 23.1. The zero-order chi connectivity index (χ0) is 26.5. The molecule has 1 atom stereocenters. The summed E-state index contributed by atoms with van der Waals surface area (Å²) in [6.45, 7) is 4.64. The van der Waals surface area contributed by atoms with E-state index in [-0.39, 0.29) is 39.2 Å². The van der Waals surface area contributed by atoms with Crippen molar-refractivity contribution >= 4 is 62.3 Å². The Bertz CT molecular complexity index is 1170. The lowest BCUT2D eigenvalue weighted by atomic mass is 10.1. The number of carbonyl (C=O) groups is 2. The second kappa shape index (κ2) is 12.2. The summed E-state index contributed by atoms with van der Waals surface area (Å²) < 4.78 is 31.3. The first-order valence-electron chi connectivity index (χ1n) is 10.6. The van der Waals surface area contributed by atoms with Crippen LogP contribution >= 0.6 is 34.8 Å². The van der Waals surface area contributed by atoms with Gasteiger partial charge in [0, 0.05) is 12.6 Å². The molecule has 0 saturated heterocycles. The van der Waals surface area contributed by atoms with Crippen molar-refractivity contribution in [2.45, 2.75) is 39.4 Å². The lowest BCUT2D eigenvalue weighted by molar-refractivity contribution is -0.139. The second-order valence-corrected chi connectivity index (χ2v) is 11.3. The van der Waals surface area contributed by atoms with Gasteiger partial charge in [-0.05, 0) is 50.6 Å². The molecule has 0 bridgehead atoms. The molecule has 1 N–H and O–H groups in total. The van der Waals surface area contributed by atoms with Gasteiger partial charge in [-0.25, -0.2) is 8.42 Å². The van der Waals surface area contributed by atoms with Gasteiger partial charge < -0.3 is 15.0 Å². The average Bonchev–Trinajstić information content (AvgIpc) is 2.77. The first-order valence-corrected chi connectivity index (χ1v) is 13.6. The van der Waals surface area contributed by atoms with Gasteiger partial charge in [0.05, 0.1) is 34.1 Å². The summed E-state index contributed by atoms with van der Waals surface area (Å²) in [5.41, 5.74) is 0.724. The number of nitrogens with zero attached hydrogens (tertiary/aromatic N) is 2. The Morgan fingerprint density at radius 1 is 1.00 bits per heavy atom. The predicted molar refractivity (Wildman–Crippen MR) is 140 cm³/mol. The molecule has 0 aromatic heterocycles. The third kappa shape index (κ3) is 7.90. The lowest BCUT2D eigenvalue weighted by Gasteiger charge is -2.32. The molecule has 0 aliphatic heterocycles. The van der Waals surface area contributed by atoms with Crippen LogP contribution in [0.1, 0.15) is 26.3 Å². The summed E-state index contributed by atoms with van der Waals surface area (Å²) in [5.74, 6) is -0.352. The molecule has 0 saturated carbocycles. The molecule has 0 aliphatic rings. The Morgan fingerprint density at radius 2 is 1.57 bits per heavy atom. The van der Waals surface area contributed by atoms with Crippen LogP contribution in [0.5, 0.6) is 5.75 Å². The highest BCUT2D eigenvalue weighted by atomic mass is 35.5. The van der Waals surface area contributed by atoms with Crippen molar-refractivity contribution < 1.29 is 22.7 Å². The van der Waals surface area contributed by atoms with Crippen LogP contribution in [0.2, 0.25) is 15.1 Å². The van der Waals surface area contributed by atoms with E-state index in [1.54, 1.807) is 45.0 Å². The summed E-state index contributed by atoms with van der Waals surface area (Å²) >= 11 is 18.3. The number of rotatable bonds is 10. The van der Waals surface area contributed by atoms with Gasteiger partial charge in [-0.2, -0.15) is 0 Å². The van der Waals surface area contributed by atoms with E-state index < -0.39 is 28.5 Å². The summed E-state index contributed by atoms with van der Waals surface area (Å²) in [5, 5.41) is 3.00. The standard InChI is InChI=1S/C23H28Cl3N3O5S/c1-14(2)27-23(31)15(3)28(12-16-6-8-17(34-4)9-7-16)22(30)13-29(35(5,32)33)21-11-19(25)18(24)10-20(21)26/h6-11,14-15H,12-13H2,1-5H3,(H,27,31)/t15-/m1/s1. The van der Waals surface area contributed by atoms with Crippen molar-refractivity contribution in [2.75, 3.05) is 24.2 Å². The molecule has 0 spiro atoms. The summed E-state index contributed by atoms with van der Waals surface area (Å²) in [6.07, 6.45) is 0.946. The first-order chi connectivity index (χ1) is 16.2. The van der Waals surface area contributed by atoms with Gasteiger partial charge in [0.2, 0.25) is 21.8 Å². The summed E-state index contributed by atoms with van der Waals surface area (Å²) in [4.78, 5) is 27.6. The number of ether oxygens (including phenoxy) is 1. The third-order valence-corrected chi connectivity index (χ3v) is 7.20. The fraction of sp³-hybridized carbons (Fsp3) is 0.391. The molecule has 35 heavy (non-hydrogen) atoms. The van der Waals surface area contributed by atoms with Crippen LogP contribution in [0.3, 0.4) is 0 Å². The van der Waals surface area contributed by atoms with Crippen LogP contribution in [-0.2, 0) is 26.2 Å². The number of methoxy groups -OCH3 is 1. The fourth-order valence-electron chi connectivity index (χ4n) is 3.21. The van der Waals surface area contributed by atoms with Crippen molar-refractivity contribution in [3.8, 4) is 5.75 Å². The van der Waals surface area contributed by atoms with Gasteiger partial charge in [0.1, 0.15) is 18.3 Å². The number of halogens is 3. The molecule has 2 aromatic carbocycles. The fourth-order valence-corrected chi connectivity index (χ4v) is 4.76. The molecule has 2 amide bonds. The number of hydrogen-bond acceptors (Lipinski definition) is 5. The van der Waals surface area contributed by atoms with Crippen LogP contribution in [0, 0.1) is 0 Å². The van der Waals surface area contributed by atoms with Crippen molar-refractivity contribution in [1.29, 1.82) is 0 Å². The number of carbonyl (C=O) groups excluding carboxylic acids is 2. The molecule has 0 fully saturated rings. The topological polar surface area (TPSA) is 96.0 Å². The minimum absolute atomic E-state index is 0.000555. The minimum Gasteiger partial charge on any atom is -0.497 e. The first kappa shape index (κ1) is 29.0. The van der Waals surface area contributed by atoms with Crippen LogP contribution < -0.4 is 14.4 Å². The van der Waals surface area contributed by atoms with E-state index in [0.717, 1.165) is 16.1 Å². The number of amides is 2. The van der Waals surface area contributed by atoms with E-state index in [1.807, 2.05) is 0 Å². The Kier molecular flexibility index (Phi) is 10.1. The molecule has 8 nitrogen and oxygen atoms in total. The monoisotopic (exact) mass is 563 g/mol. The van der Waals surface area contributed by atoms with E-state index in [0.29, 0.717) is 5.75 Å². The zero-order valence-electron chi connectivity index (χ0n) is 20.0. The maximum atomic E-state index is 13.5. The molecular weight excluding hydrogens is 537 g/mol. The van der Waals surface area contributed by atoms with E-state index in [2.05, 4.69) is 5.32 Å². The van der Waals surface area contributed by atoms with Gasteiger partial charge in [-0.15, -0.1) is 0 Å². The molecule has 0 radical (unpaired) electrons. The molecule has 2 aromatic rings. The largest absolute Gasteiger partial charge is 0.497 e. The Labute approximate surface area is 221 Å². The van der Waals surface area contributed by atoms with E-state index in [9.17, 15) is 18.0 Å². The van der Waals surface area contributed by atoms with Gasteiger partial charge in [-0.3, -0.25) is 13.9 Å². The number of benzene rings is 2. The number of nitrogens with one attached hydrogen (secondary N) is 1. The van der Waals surface area contributed by atoms with Crippen molar-refractivity contribution in [3.05, 3.63) is 57.0 Å². The quantitative estimate of drug-likeness (QED) is 0.433. The van der Waals surface area contributed by atoms with Gasteiger partial charge in [-0.1, -0.05) is 46.9 Å². The van der Waals surface area contributed by atoms with Crippen molar-refractivity contribution in [3.63, 3.8) is 0 Å². The van der Waals surface area contributed by atoms with Crippen LogP contribution in [0.15, 0.2) is 36.4 Å². The Balaban J connectivity index is 2.45. The molecule has 0 heterocycles. The van der Waals surface area contributed by atoms with E-state index in [4.69, 9.17) is 39.5 Å². The highest BCUT2D eigenvalue weighted by Crippen LogP contribution is 2.35.